The largest absolute Gasteiger partial charge is 0.302 e. The first-order valence-electron chi connectivity index (χ1n) is 9.59. The van der Waals surface area contributed by atoms with E-state index in [0.717, 1.165) is 23.7 Å². The standard InChI is InChI=1S/C19H24N4OS/c1-11(24)20-19-21-15-10-9-14-16(12-7-8-12)22-23(17(14)18(15)25-19)13-5-3-2-4-6-13/h12-13H,2-10H2,1H3,(H,20,21,24). The maximum absolute atomic E-state index is 11.4. The van der Waals surface area contributed by atoms with Crippen molar-refractivity contribution >= 4 is 22.4 Å². The van der Waals surface area contributed by atoms with Gasteiger partial charge in [-0.1, -0.05) is 30.6 Å². The normalized spacial score (nSPS) is 20.2. The van der Waals surface area contributed by atoms with Gasteiger partial charge in [-0.3, -0.25) is 9.48 Å². The van der Waals surface area contributed by atoms with Gasteiger partial charge < -0.3 is 5.32 Å². The third-order valence-corrected chi connectivity index (χ3v) is 6.75. The molecule has 5 rings (SSSR count). The van der Waals surface area contributed by atoms with E-state index in [2.05, 4.69) is 10.00 Å². The number of anilines is 1. The van der Waals surface area contributed by atoms with Crippen molar-refractivity contribution in [3.05, 3.63) is 17.0 Å². The van der Waals surface area contributed by atoms with Gasteiger partial charge in [-0.05, 0) is 38.5 Å². The van der Waals surface area contributed by atoms with Gasteiger partial charge in [-0.2, -0.15) is 5.10 Å². The van der Waals surface area contributed by atoms with E-state index >= 15 is 0 Å². The molecule has 3 aliphatic carbocycles. The highest BCUT2D eigenvalue weighted by atomic mass is 32.1. The van der Waals surface area contributed by atoms with Gasteiger partial charge in [0.1, 0.15) is 0 Å². The number of nitrogens with zero attached hydrogens (tertiary/aromatic N) is 3. The highest BCUT2D eigenvalue weighted by molar-refractivity contribution is 7.19. The first-order chi connectivity index (χ1) is 12.2. The number of carbonyl (C=O) groups is 1. The van der Waals surface area contributed by atoms with Crippen LogP contribution in [0.5, 0.6) is 0 Å². The summed E-state index contributed by atoms with van der Waals surface area (Å²) in [4.78, 5) is 17.4. The lowest BCUT2D eigenvalue weighted by Gasteiger charge is -2.25. The number of hydrogen-bond donors (Lipinski definition) is 1. The number of aryl methyl sites for hydroxylation is 1. The van der Waals surface area contributed by atoms with Gasteiger partial charge in [0.25, 0.3) is 0 Å². The van der Waals surface area contributed by atoms with E-state index in [9.17, 15) is 4.79 Å². The zero-order chi connectivity index (χ0) is 17.0. The predicted molar refractivity (Wildman–Crippen MR) is 99.1 cm³/mol. The number of amides is 1. The highest BCUT2D eigenvalue weighted by Gasteiger charge is 2.36. The van der Waals surface area contributed by atoms with Gasteiger partial charge in [0.2, 0.25) is 5.91 Å². The zero-order valence-corrected chi connectivity index (χ0v) is 15.5. The monoisotopic (exact) mass is 356 g/mol. The van der Waals surface area contributed by atoms with Gasteiger partial charge in [0.05, 0.1) is 28.0 Å². The van der Waals surface area contributed by atoms with Crippen LogP contribution in [0.1, 0.15) is 80.8 Å². The van der Waals surface area contributed by atoms with Crippen LogP contribution >= 0.6 is 11.3 Å². The van der Waals surface area contributed by atoms with Gasteiger partial charge in [0.15, 0.2) is 5.13 Å². The van der Waals surface area contributed by atoms with Crippen molar-refractivity contribution in [1.82, 2.24) is 14.8 Å². The molecule has 1 N–H and O–H groups in total. The van der Waals surface area contributed by atoms with Crippen LogP contribution in [-0.2, 0) is 17.6 Å². The van der Waals surface area contributed by atoms with Crippen molar-refractivity contribution in [1.29, 1.82) is 0 Å². The molecule has 25 heavy (non-hydrogen) atoms. The van der Waals surface area contributed by atoms with Gasteiger partial charge in [-0.15, -0.1) is 0 Å². The van der Waals surface area contributed by atoms with Gasteiger partial charge >= 0.3 is 0 Å². The minimum atomic E-state index is -0.0502. The summed E-state index contributed by atoms with van der Waals surface area (Å²) >= 11 is 1.63. The summed E-state index contributed by atoms with van der Waals surface area (Å²) in [6.07, 6.45) is 11.1. The second kappa shape index (κ2) is 5.94. The van der Waals surface area contributed by atoms with Gasteiger partial charge in [-0.25, -0.2) is 4.98 Å². The molecular formula is C19H24N4OS. The van der Waals surface area contributed by atoms with Crippen molar-refractivity contribution in [3.8, 4) is 10.6 Å². The number of carbonyl (C=O) groups excluding carboxylic acids is 1. The van der Waals surface area contributed by atoms with Gasteiger partial charge in [0, 0.05) is 18.4 Å². The number of hydrogen-bond acceptors (Lipinski definition) is 4. The summed E-state index contributed by atoms with van der Waals surface area (Å²) in [5, 5.41) is 8.76. The molecule has 2 fully saturated rings. The second-order valence-corrected chi connectivity index (χ2v) is 8.70. The lowest BCUT2D eigenvalue weighted by Crippen LogP contribution is -2.16. The molecule has 132 valence electrons. The number of rotatable bonds is 3. The number of fused-ring (bicyclic) bond motifs is 3. The second-order valence-electron chi connectivity index (χ2n) is 7.70. The number of aromatic nitrogens is 3. The van der Waals surface area contributed by atoms with Crippen molar-refractivity contribution in [2.24, 2.45) is 0 Å². The molecule has 0 radical (unpaired) electrons. The Labute approximate surface area is 151 Å². The van der Waals surface area contributed by atoms with E-state index in [1.54, 1.807) is 18.3 Å². The topological polar surface area (TPSA) is 59.8 Å². The molecule has 0 atom stereocenters. The summed E-state index contributed by atoms with van der Waals surface area (Å²) in [6.45, 7) is 1.54. The Bertz CT molecular complexity index is 827. The molecule has 2 saturated carbocycles. The molecule has 0 saturated heterocycles. The minimum Gasteiger partial charge on any atom is -0.302 e. The fraction of sp³-hybridized carbons (Fsp3) is 0.632. The van der Waals surface area contributed by atoms with Crippen molar-refractivity contribution in [3.63, 3.8) is 0 Å². The van der Waals surface area contributed by atoms with Crippen LogP contribution in [0.2, 0.25) is 0 Å². The van der Waals surface area contributed by atoms with Crippen LogP contribution in [0.25, 0.3) is 10.6 Å². The average Bonchev–Trinajstić information content (AvgIpc) is 3.25. The maximum Gasteiger partial charge on any atom is 0.223 e. The quantitative estimate of drug-likeness (QED) is 0.884. The molecule has 0 aliphatic heterocycles. The minimum absolute atomic E-state index is 0.0502. The van der Waals surface area contributed by atoms with Crippen molar-refractivity contribution < 1.29 is 4.79 Å². The lowest BCUT2D eigenvalue weighted by atomic mass is 9.93. The van der Waals surface area contributed by atoms with E-state index in [-0.39, 0.29) is 5.91 Å². The highest BCUT2D eigenvalue weighted by Crippen LogP contribution is 2.49. The molecular weight excluding hydrogens is 332 g/mol. The summed E-state index contributed by atoms with van der Waals surface area (Å²) in [5.74, 6) is 0.633. The Balaban J connectivity index is 1.62. The summed E-state index contributed by atoms with van der Waals surface area (Å²) in [5.41, 5.74) is 5.30. The number of nitrogens with one attached hydrogen (secondary N) is 1. The SMILES string of the molecule is CC(=O)Nc1nc2c(s1)-c1c(c(C3CC3)nn1C1CCCCC1)CC2. The third kappa shape index (κ3) is 2.71. The fourth-order valence-electron chi connectivity index (χ4n) is 4.40. The van der Waals surface area contributed by atoms with Crippen LogP contribution < -0.4 is 5.32 Å². The molecule has 6 heteroatoms. The molecule has 5 nitrogen and oxygen atoms in total. The average molecular weight is 356 g/mol. The van der Waals surface area contributed by atoms with E-state index in [1.807, 2.05) is 0 Å². The first kappa shape index (κ1) is 15.6. The first-order valence-corrected chi connectivity index (χ1v) is 10.4. The summed E-state index contributed by atoms with van der Waals surface area (Å²) in [7, 11) is 0. The Morgan fingerprint density at radius 3 is 2.68 bits per heavy atom. The van der Waals surface area contributed by atoms with Crippen LogP contribution in [0.4, 0.5) is 5.13 Å². The zero-order valence-electron chi connectivity index (χ0n) is 14.7. The molecule has 2 aromatic heterocycles. The van der Waals surface area contributed by atoms with E-state index < -0.39 is 0 Å². The Kier molecular flexibility index (Phi) is 3.69. The molecule has 2 aromatic rings. The summed E-state index contributed by atoms with van der Waals surface area (Å²) in [6, 6.07) is 0.535. The molecule has 2 heterocycles. The predicted octanol–water partition coefficient (Wildman–Crippen LogP) is 4.45. The molecule has 0 unspecified atom stereocenters. The van der Waals surface area contributed by atoms with E-state index in [1.165, 1.54) is 66.8 Å². The molecule has 1 amide bonds. The van der Waals surface area contributed by atoms with E-state index in [4.69, 9.17) is 10.1 Å². The lowest BCUT2D eigenvalue weighted by molar-refractivity contribution is -0.114. The van der Waals surface area contributed by atoms with E-state index in [0.29, 0.717) is 12.0 Å². The smallest absolute Gasteiger partial charge is 0.223 e. The molecule has 0 bridgehead atoms. The van der Waals surface area contributed by atoms with Crippen molar-refractivity contribution in [2.75, 3.05) is 5.32 Å². The van der Waals surface area contributed by atoms with Crippen LogP contribution in [0.15, 0.2) is 0 Å². The molecule has 0 aromatic carbocycles. The molecule has 0 spiro atoms. The van der Waals surface area contributed by atoms with Crippen LogP contribution in [-0.4, -0.2) is 20.7 Å². The maximum atomic E-state index is 11.4. The van der Waals surface area contributed by atoms with Crippen LogP contribution in [0, 0.1) is 0 Å². The fourth-order valence-corrected chi connectivity index (χ4v) is 5.52. The number of thiazole rings is 1. The Morgan fingerprint density at radius 1 is 1.16 bits per heavy atom. The summed E-state index contributed by atoms with van der Waals surface area (Å²) < 4.78 is 2.36. The Hall–Kier alpha value is -1.69. The third-order valence-electron chi connectivity index (χ3n) is 5.73. The van der Waals surface area contributed by atoms with Crippen molar-refractivity contribution in [2.45, 2.75) is 76.7 Å². The van der Waals surface area contributed by atoms with Crippen LogP contribution in [0.3, 0.4) is 0 Å². The molecule has 3 aliphatic rings. The Morgan fingerprint density at radius 2 is 1.96 bits per heavy atom.